The van der Waals surface area contributed by atoms with Crippen molar-refractivity contribution in [2.45, 2.75) is 38.5 Å². The molecule has 0 bridgehead atoms. The number of nitrogens with zero attached hydrogens (tertiary/aromatic N) is 2. The van der Waals surface area contributed by atoms with Crippen molar-refractivity contribution in [3.05, 3.63) is 11.7 Å². The molecule has 0 aromatic carbocycles. The molecule has 1 aromatic heterocycles. The molecule has 0 fully saturated rings. The first-order valence-electron chi connectivity index (χ1n) is 5.78. The average Bonchev–Trinajstić information content (AvgIpc) is 2.78. The maximum absolute atomic E-state index is 10.4. The second-order valence-electron chi connectivity index (χ2n) is 3.92. The normalized spacial score (nSPS) is 14.4. The fourth-order valence-electron chi connectivity index (χ4n) is 1.40. The number of aliphatic carboxylic acids is 1. The largest absolute Gasteiger partial charge is 0.481 e. The Morgan fingerprint density at radius 3 is 2.83 bits per heavy atom. The topological polar surface area (TPSA) is 85.5 Å². The maximum Gasteiger partial charge on any atom is 0.313 e. The molecule has 0 aliphatic rings. The Bertz CT molecular complexity index is 396. The van der Waals surface area contributed by atoms with Gasteiger partial charge in [0.15, 0.2) is 0 Å². The lowest BCUT2D eigenvalue weighted by atomic mass is 10.0. The molecular weight excluding hydrogens is 256 g/mol. The van der Waals surface area contributed by atoms with Crippen LogP contribution in [0.1, 0.15) is 38.9 Å². The summed E-state index contributed by atoms with van der Waals surface area (Å²) in [4.78, 5) is 14.6. The second kappa shape index (κ2) is 6.75. The van der Waals surface area contributed by atoms with Gasteiger partial charge >= 0.3 is 5.97 Å². The molecule has 0 saturated heterocycles. The molecule has 0 aliphatic carbocycles. The van der Waals surface area contributed by atoms with Crippen molar-refractivity contribution in [3.8, 4) is 0 Å². The fourth-order valence-corrected chi connectivity index (χ4v) is 1.97. The third-order valence-electron chi connectivity index (χ3n) is 2.53. The molecule has 0 amide bonds. The summed E-state index contributed by atoms with van der Waals surface area (Å²) in [5.41, 5.74) is -0.548. The van der Waals surface area contributed by atoms with Crippen LogP contribution in [-0.2, 0) is 20.9 Å². The van der Waals surface area contributed by atoms with Gasteiger partial charge in [-0.3, -0.25) is 4.79 Å². The van der Waals surface area contributed by atoms with Gasteiger partial charge in [-0.1, -0.05) is 12.1 Å². The van der Waals surface area contributed by atoms with Gasteiger partial charge in [-0.2, -0.15) is 4.98 Å². The highest BCUT2D eigenvalue weighted by Crippen LogP contribution is 2.26. The first kappa shape index (κ1) is 15.0. The van der Waals surface area contributed by atoms with Crippen molar-refractivity contribution in [1.82, 2.24) is 10.1 Å². The van der Waals surface area contributed by atoms with Crippen molar-refractivity contribution in [2.75, 3.05) is 12.4 Å². The molecule has 102 valence electrons. The van der Waals surface area contributed by atoms with Crippen LogP contribution in [0.15, 0.2) is 4.52 Å². The van der Waals surface area contributed by atoms with Gasteiger partial charge in [0.1, 0.15) is 5.60 Å². The van der Waals surface area contributed by atoms with E-state index in [9.17, 15) is 4.79 Å². The van der Waals surface area contributed by atoms with E-state index in [0.29, 0.717) is 24.1 Å². The Morgan fingerprint density at radius 2 is 2.28 bits per heavy atom. The van der Waals surface area contributed by atoms with E-state index in [1.54, 1.807) is 0 Å². The van der Waals surface area contributed by atoms with Gasteiger partial charge in [-0.05, 0) is 20.3 Å². The van der Waals surface area contributed by atoms with E-state index in [-0.39, 0.29) is 5.75 Å². The zero-order chi connectivity index (χ0) is 13.6. The van der Waals surface area contributed by atoms with E-state index < -0.39 is 11.6 Å². The van der Waals surface area contributed by atoms with Crippen molar-refractivity contribution < 1.29 is 19.2 Å². The van der Waals surface area contributed by atoms with Crippen LogP contribution in [0, 0.1) is 0 Å². The van der Waals surface area contributed by atoms with E-state index in [2.05, 4.69) is 10.1 Å². The van der Waals surface area contributed by atoms with E-state index in [4.69, 9.17) is 14.4 Å². The van der Waals surface area contributed by atoms with Gasteiger partial charge in [0.25, 0.3) is 0 Å². The molecule has 1 atom stereocenters. The van der Waals surface area contributed by atoms with Crippen LogP contribution in [0.3, 0.4) is 0 Å². The van der Waals surface area contributed by atoms with Crippen LogP contribution in [0.25, 0.3) is 0 Å². The summed E-state index contributed by atoms with van der Waals surface area (Å²) in [6, 6.07) is 0. The third kappa shape index (κ3) is 3.99. The third-order valence-corrected chi connectivity index (χ3v) is 3.43. The number of hydrogen-bond acceptors (Lipinski definition) is 6. The van der Waals surface area contributed by atoms with Gasteiger partial charge < -0.3 is 14.4 Å². The summed E-state index contributed by atoms with van der Waals surface area (Å²) < 4.78 is 10.7. The Kier molecular flexibility index (Phi) is 5.61. The summed E-state index contributed by atoms with van der Waals surface area (Å²) in [5, 5.41) is 12.4. The Hall–Kier alpha value is -1.08. The maximum atomic E-state index is 10.4. The number of carboxylic acids is 1. The molecule has 1 rings (SSSR count). The summed E-state index contributed by atoms with van der Waals surface area (Å²) in [6.45, 7) is 6.39. The van der Waals surface area contributed by atoms with E-state index in [0.717, 1.165) is 6.42 Å². The van der Waals surface area contributed by atoms with Crippen LogP contribution in [0.2, 0.25) is 0 Å². The Morgan fingerprint density at radius 1 is 1.56 bits per heavy atom. The predicted molar refractivity (Wildman–Crippen MR) is 67.4 cm³/mol. The number of carboxylic acid groups (broad SMARTS) is 1. The van der Waals surface area contributed by atoms with Crippen LogP contribution in [0.5, 0.6) is 0 Å². The summed E-state index contributed by atoms with van der Waals surface area (Å²) >= 11 is 1.22. The molecule has 18 heavy (non-hydrogen) atoms. The number of thioether (sulfide) groups is 1. The predicted octanol–water partition coefficient (Wildman–Crippen LogP) is 2.05. The molecule has 1 aromatic rings. The highest BCUT2D eigenvalue weighted by molar-refractivity contribution is 7.99. The lowest BCUT2D eigenvalue weighted by Gasteiger charge is -2.23. The van der Waals surface area contributed by atoms with Gasteiger partial charge in [0.05, 0.1) is 11.5 Å². The molecule has 0 radical (unpaired) electrons. The van der Waals surface area contributed by atoms with Gasteiger partial charge in [-0.15, -0.1) is 11.8 Å². The van der Waals surface area contributed by atoms with Gasteiger partial charge in [0, 0.05) is 6.61 Å². The van der Waals surface area contributed by atoms with Crippen molar-refractivity contribution in [3.63, 3.8) is 0 Å². The van der Waals surface area contributed by atoms with Gasteiger partial charge in [0.2, 0.25) is 11.7 Å². The molecule has 0 aliphatic heterocycles. The Balaban J connectivity index is 2.64. The lowest BCUT2D eigenvalue weighted by molar-refractivity contribution is -0.133. The minimum Gasteiger partial charge on any atom is -0.481 e. The van der Waals surface area contributed by atoms with Crippen LogP contribution >= 0.6 is 11.8 Å². The van der Waals surface area contributed by atoms with E-state index in [1.807, 2.05) is 20.8 Å². The highest BCUT2D eigenvalue weighted by Gasteiger charge is 2.30. The van der Waals surface area contributed by atoms with Crippen molar-refractivity contribution in [2.24, 2.45) is 0 Å². The minimum absolute atomic E-state index is 0.0220. The van der Waals surface area contributed by atoms with Crippen LogP contribution in [0.4, 0.5) is 0 Å². The quantitative estimate of drug-likeness (QED) is 0.776. The monoisotopic (exact) mass is 274 g/mol. The number of ether oxygens (including phenoxy) is 1. The zero-order valence-electron chi connectivity index (χ0n) is 10.8. The molecule has 7 heteroatoms. The lowest BCUT2D eigenvalue weighted by Crippen LogP contribution is -2.26. The van der Waals surface area contributed by atoms with E-state index >= 15 is 0 Å². The average molecular weight is 274 g/mol. The standard InChI is InChI=1S/C11H18N2O4S/c1-4-11(3,16-5-2)10-12-8(17-13-10)6-18-7-9(14)15/h4-7H2,1-3H3,(H,14,15). The summed E-state index contributed by atoms with van der Waals surface area (Å²) in [5.74, 6) is 0.500. The SMILES string of the molecule is CCOC(C)(CC)c1noc(CSCC(=O)O)n1. The second-order valence-corrected chi connectivity index (χ2v) is 4.90. The van der Waals surface area contributed by atoms with Crippen molar-refractivity contribution in [1.29, 1.82) is 0 Å². The zero-order valence-corrected chi connectivity index (χ0v) is 11.6. The summed E-state index contributed by atoms with van der Waals surface area (Å²) in [7, 11) is 0. The van der Waals surface area contributed by atoms with Crippen LogP contribution < -0.4 is 0 Å². The first-order chi connectivity index (χ1) is 8.51. The molecule has 1 unspecified atom stereocenters. The smallest absolute Gasteiger partial charge is 0.313 e. The van der Waals surface area contributed by atoms with E-state index in [1.165, 1.54) is 11.8 Å². The van der Waals surface area contributed by atoms with Gasteiger partial charge in [-0.25, -0.2) is 0 Å². The summed E-state index contributed by atoms with van der Waals surface area (Å²) in [6.07, 6.45) is 0.738. The molecule has 1 N–H and O–H groups in total. The van der Waals surface area contributed by atoms with Crippen LogP contribution in [-0.4, -0.2) is 33.6 Å². The fraction of sp³-hybridized carbons (Fsp3) is 0.727. The number of rotatable bonds is 8. The first-order valence-corrected chi connectivity index (χ1v) is 6.93. The molecule has 6 nitrogen and oxygen atoms in total. The number of carbonyl (C=O) groups is 1. The molecule has 0 spiro atoms. The highest BCUT2D eigenvalue weighted by atomic mass is 32.2. The minimum atomic E-state index is -0.854. The number of hydrogen-bond donors (Lipinski definition) is 1. The number of aromatic nitrogens is 2. The Labute approximate surface area is 110 Å². The molecule has 1 heterocycles. The molecule has 0 saturated carbocycles. The molecular formula is C11H18N2O4S. The van der Waals surface area contributed by atoms with Crippen molar-refractivity contribution >= 4 is 17.7 Å².